The number of rotatable bonds is 6. The number of allylic oxidation sites excluding steroid dienone is 2. The second-order valence-electron chi connectivity index (χ2n) is 10.9. The maximum Gasteiger partial charge on any atom is 0.415 e. The Morgan fingerprint density at radius 3 is 2.10 bits per heavy atom. The van der Waals surface area contributed by atoms with Gasteiger partial charge >= 0.3 is 21.3 Å². The molecule has 1 atom stereocenters. The first kappa shape index (κ1) is 22.7. The van der Waals surface area contributed by atoms with E-state index in [1.165, 1.54) is 0 Å². The van der Waals surface area contributed by atoms with Crippen LogP contribution in [0.4, 0.5) is 8.78 Å². The van der Waals surface area contributed by atoms with Crippen molar-refractivity contribution in [1.82, 2.24) is 0 Å². The third kappa shape index (κ3) is 4.14. The number of hydrogen-bond donors (Lipinski definition) is 0. The van der Waals surface area contributed by atoms with Gasteiger partial charge in [-0.2, -0.15) is 17.2 Å². The van der Waals surface area contributed by atoms with E-state index in [1.54, 1.807) is 13.8 Å². The normalized spacial score (nSPS) is 35.5. The molecule has 0 heterocycles. The number of ether oxygens (including phenoxy) is 1. The first-order valence-electron chi connectivity index (χ1n) is 11.0. The van der Waals surface area contributed by atoms with E-state index in [9.17, 15) is 26.8 Å². The minimum Gasteiger partial charge on any atom is -0.454 e. The SMILES string of the molecule is CC(OC(=O)C12CC3CC(CC(C3)C1)C2)C(F)(F)S(=O)(=O)OC1=CC(=O)CC(C)(C)C1. The van der Waals surface area contributed by atoms with Gasteiger partial charge in [0.25, 0.3) is 0 Å². The van der Waals surface area contributed by atoms with Crippen LogP contribution in [0, 0.1) is 28.6 Å². The molecular weight excluding hydrogens is 430 g/mol. The summed E-state index contributed by atoms with van der Waals surface area (Å²) in [5, 5.41) is -4.45. The topological polar surface area (TPSA) is 86.7 Å². The second kappa shape index (κ2) is 7.25. The van der Waals surface area contributed by atoms with E-state index in [0.717, 1.165) is 32.3 Å². The molecule has 9 heteroatoms. The molecular formula is C22H30F2O6S. The molecule has 0 aromatic heterocycles. The fourth-order valence-corrected chi connectivity index (χ4v) is 7.41. The van der Waals surface area contributed by atoms with Gasteiger partial charge in [-0.25, -0.2) is 0 Å². The number of alkyl halides is 2. The van der Waals surface area contributed by atoms with Gasteiger partial charge in [-0.1, -0.05) is 13.8 Å². The van der Waals surface area contributed by atoms with Crippen LogP contribution in [0.2, 0.25) is 0 Å². The molecule has 0 amide bonds. The van der Waals surface area contributed by atoms with E-state index in [4.69, 9.17) is 4.74 Å². The number of halogens is 2. The average molecular weight is 461 g/mol. The number of hydrogen-bond acceptors (Lipinski definition) is 6. The zero-order chi connectivity index (χ0) is 22.8. The summed E-state index contributed by atoms with van der Waals surface area (Å²) in [6, 6.07) is 0. The van der Waals surface area contributed by atoms with Crippen LogP contribution in [0.5, 0.6) is 0 Å². The summed E-state index contributed by atoms with van der Waals surface area (Å²) in [5.74, 6) is -0.170. The molecule has 5 aliphatic rings. The quantitative estimate of drug-likeness (QED) is 0.433. The van der Waals surface area contributed by atoms with Crippen molar-refractivity contribution < 1.29 is 35.7 Å². The number of esters is 1. The molecule has 6 nitrogen and oxygen atoms in total. The molecule has 0 N–H and O–H groups in total. The molecule has 0 aromatic carbocycles. The van der Waals surface area contributed by atoms with Crippen molar-refractivity contribution in [1.29, 1.82) is 0 Å². The van der Waals surface area contributed by atoms with Crippen molar-refractivity contribution in [2.24, 2.45) is 28.6 Å². The molecule has 5 aliphatic carbocycles. The van der Waals surface area contributed by atoms with Gasteiger partial charge < -0.3 is 8.92 Å². The molecule has 31 heavy (non-hydrogen) atoms. The van der Waals surface area contributed by atoms with Crippen LogP contribution in [-0.4, -0.2) is 31.5 Å². The molecule has 0 spiro atoms. The highest BCUT2D eigenvalue weighted by molar-refractivity contribution is 7.88. The lowest BCUT2D eigenvalue weighted by atomic mass is 9.49. The molecule has 5 rings (SSSR count). The molecule has 4 saturated carbocycles. The highest BCUT2D eigenvalue weighted by atomic mass is 32.2. The van der Waals surface area contributed by atoms with Gasteiger partial charge in [0, 0.05) is 18.9 Å². The highest BCUT2D eigenvalue weighted by Crippen LogP contribution is 2.60. The van der Waals surface area contributed by atoms with Crippen LogP contribution in [0.15, 0.2) is 11.8 Å². The second-order valence-corrected chi connectivity index (χ2v) is 12.6. The van der Waals surface area contributed by atoms with E-state index >= 15 is 0 Å². The lowest BCUT2D eigenvalue weighted by molar-refractivity contribution is -0.185. The van der Waals surface area contributed by atoms with Crippen LogP contribution < -0.4 is 0 Å². The molecule has 4 bridgehead atoms. The van der Waals surface area contributed by atoms with E-state index < -0.39 is 38.3 Å². The van der Waals surface area contributed by atoms with Crippen LogP contribution in [0.3, 0.4) is 0 Å². The highest BCUT2D eigenvalue weighted by Gasteiger charge is 2.59. The Morgan fingerprint density at radius 1 is 1.10 bits per heavy atom. The standard InChI is InChI=1S/C22H30F2O6S/c1-13(29-19(26)21-8-14-4-15(9-21)6-16(5-14)10-21)22(23,24)31(27,28)30-18-7-17(25)11-20(2,3)12-18/h7,13-16H,4-6,8-12H2,1-3H3. The van der Waals surface area contributed by atoms with Gasteiger partial charge in [0.15, 0.2) is 11.9 Å². The third-order valence-electron chi connectivity index (χ3n) is 7.41. The first-order chi connectivity index (χ1) is 14.2. The largest absolute Gasteiger partial charge is 0.454 e. The Morgan fingerprint density at radius 2 is 1.61 bits per heavy atom. The summed E-state index contributed by atoms with van der Waals surface area (Å²) in [6.07, 6.45) is 4.07. The molecule has 174 valence electrons. The fraction of sp³-hybridized carbons (Fsp3) is 0.818. The zero-order valence-corrected chi connectivity index (χ0v) is 19.0. The van der Waals surface area contributed by atoms with E-state index in [2.05, 4.69) is 4.18 Å². The minimum atomic E-state index is -5.46. The van der Waals surface area contributed by atoms with Crippen LogP contribution >= 0.6 is 0 Å². The van der Waals surface area contributed by atoms with Gasteiger partial charge in [-0.3, -0.25) is 9.59 Å². The first-order valence-corrected chi connectivity index (χ1v) is 12.4. The van der Waals surface area contributed by atoms with Gasteiger partial charge in [-0.15, -0.1) is 0 Å². The number of carbonyl (C=O) groups is 2. The van der Waals surface area contributed by atoms with Gasteiger partial charge in [-0.05, 0) is 68.6 Å². The molecule has 4 fully saturated rings. The van der Waals surface area contributed by atoms with Gasteiger partial charge in [0.1, 0.15) is 5.76 Å². The summed E-state index contributed by atoms with van der Waals surface area (Å²) < 4.78 is 64.3. The maximum atomic E-state index is 14.9. The van der Waals surface area contributed by atoms with Crippen molar-refractivity contribution >= 4 is 21.9 Å². The molecule has 0 radical (unpaired) electrons. The van der Waals surface area contributed by atoms with E-state index in [-0.39, 0.29) is 24.4 Å². The number of ketones is 1. The summed E-state index contributed by atoms with van der Waals surface area (Å²) in [7, 11) is -5.46. The molecule has 0 aromatic rings. The maximum absolute atomic E-state index is 14.9. The van der Waals surface area contributed by atoms with Crippen molar-refractivity contribution in [2.45, 2.75) is 83.5 Å². The van der Waals surface area contributed by atoms with Crippen LogP contribution in [0.25, 0.3) is 0 Å². The fourth-order valence-electron chi connectivity index (χ4n) is 6.46. The third-order valence-corrected chi connectivity index (χ3v) is 8.84. The Hall–Kier alpha value is -1.51. The molecule has 0 saturated heterocycles. The lowest BCUT2D eigenvalue weighted by Crippen LogP contribution is -2.52. The van der Waals surface area contributed by atoms with Crippen molar-refractivity contribution in [3.05, 3.63) is 11.8 Å². The van der Waals surface area contributed by atoms with Crippen molar-refractivity contribution in [3.63, 3.8) is 0 Å². The monoisotopic (exact) mass is 460 g/mol. The Balaban J connectivity index is 1.46. The smallest absolute Gasteiger partial charge is 0.415 e. The lowest BCUT2D eigenvalue weighted by Gasteiger charge is -2.55. The van der Waals surface area contributed by atoms with E-state index in [1.807, 2.05) is 0 Å². The summed E-state index contributed by atoms with van der Waals surface area (Å²) in [4.78, 5) is 24.8. The summed E-state index contributed by atoms with van der Waals surface area (Å²) >= 11 is 0. The van der Waals surface area contributed by atoms with Gasteiger partial charge in [0.2, 0.25) is 0 Å². The van der Waals surface area contributed by atoms with Crippen molar-refractivity contribution in [3.8, 4) is 0 Å². The predicted molar refractivity (Wildman–Crippen MR) is 107 cm³/mol. The predicted octanol–water partition coefficient (Wildman–Crippen LogP) is 4.35. The Kier molecular flexibility index (Phi) is 5.30. The summed E-state index contributed by atoms with van der Waals surface area (Å²) in [5.41, 5.74) is -1.37. The minimum absolute atomic E-state index is 0.0372. The van der Waals surface area contributed by atoms with Crippen LogP contribution in [0.1, 0.15) is 72.1 Å². The summed E-state index contributed by atoms with van der Waals surface area (Å²) in [6.45, 7) is 4.33. The van der Waals surface area contributed by atoms with Crippen LogP contribution in [-0.2, 0) is 28.6 Å². The average Bonchev–Trinajstić information content (AvgIpc) is 2.57. The van der Waals surface area contributed by atoms with Crippen molar-refractivity contribution in [2.75, 3.05) is 0 Å². The van der Waals surface area contributed by atoms with Gasteiger partial charge in [0.05, 0.1) is 5.41 Å². The Bertz CT molecular complexity index is 885. The number of carbonyl (C=O) groups excluding carboxylic acids is 2. The Labute approximate surface area is 181 Å². The molecule has 1 unspecified atom stereocenters. The van der Waals surface area contributed by atoms with E-state index in [0.29, 0.717) is 37.0 Å². The zero-order valence-electron chi connectivity index (χ0n) is 18.2. The molecule has 0 aliphatic heterocycles.